The van der Waals surface area contributed by atoms with Crippen LogP contribution in [0.2, 0.25) is 0 Å². The molecule has 1 amide bonds. The van der Waals surface area contributed by atoms with E-state index in [9.17, 15) is 22.4 Å². The number of fused-ring (bicyclic) bond motifs is 1. The van der Waals surface area contributed by atoms with E-state index in [-0.39, 0.29) is 35.9 Å². The van der Waals surface area contributed by atoms with Crippen molar-refractivity contribution < 1.29 is 36.2 Å². The lowest BCUT2D eigenvalue weighted by Crippen LogP contribution is -2.52. The highest BCUT2D eigenvalue weighted by atomic mass is 19.3. The van der Waals surface area contributed by atoms with Crippen LogP contribution in [0.5, 0.6) is 5.75 Å². The molecule has 5 rings (SSSR count). The van der Waals surface area contributed by atoms with E-state index in [4.69, 9.17) is 13.9 Å². The van der Waals surface area contributed by atoms with E-state index < -0.39 is 42.0 Å². The lowest BCUT2D eigenvalue weighted by Gasteiger charge is -2.37. The van der Waals surface area contributed by atoms with Gasteiger partial charge in [0, 0.05) is 12.6 Å². The normalized spacial score (nSPS) is 20.4. The van der Waals surface area contributed by atoms with Crippen LogP contribution in [-0.4, -0.2) is 51.3 Å². The molecular formula is C21H16F4N4O4. The fraction of sp³-hybridized carbons (Fsp3) is 0.333. The number of amides is 1. The second-order valence-electron chi connectivity index (χ2n) is 7.54. The van der Waals surface area contributed by atoms with Gasteiger partial charge in [-0.1, -0.05) is 6.07 Å². The van der Waals surface area contributed by atoms with Crippen LogP contribution in [0.3, 0.4) is 0 Å². The predicted octanol–water partition coefficient (Wildman–Crippen LogP) is 3.54. The molecule has 3 aromatic rings. The lowest BCUT2D eigenvalue weighted by atomic mass is 10.0. The van der Waals surface area contributed by atoms with Gasteiger partial charge in [0.15, 0.2) is 11.6 Å². The van der Waals surface area contributed by atoms with Gasteiger partial charge >= 0.3 is 6.43 Å². The second kappa shape index (κ2) is 8.43. The first-order valence-corrected chi connectivity index (χ1v) is 10.0. The van der Waals surface area contributed by atoms with Crippen molar-refractivity contribution in [3.05, 3.63) is 59.2 Å². The standard InChI is InChI=1S/C21H16F4N4O4/c22-12-2-1-3-16(17(12)23)32-15-4-5-31-9-14(15)29-8-13-11(21(29)30)6-10(7-26-13)19-27-28-20(33-19)18(24)25/h1-3,6-7,14-15,18H,4-5,8-9H2/t14?,15-/m1/s1. The molecule has 1 saturated heterocycles. The number of halogens is 4. The van der Waals surface area contributed by atoms with E-state index in [1.165, 1.54) is 29.3 Å². The lowest BCUT2D eigenvalue weighted by molar-refractivity contribution is -0.0441. The number of hydrogen-bond acceptors (Lipinski definition) is 7. The van der Waals surface area contributed by atoms with E-state index in [2.05, 4.69) is 15.2 Å². The minimum Gasteiger partial charge on any atom is -0.485 e. The van der Waals surface area contributed by atoms with Crippen LogP contribution < -0.4 is 4.74 Å². The summed E-state index contributed by atoms with van der Waals surface area (Å²) < 4.78 is 69.4. The topological polar surface area (TPSA) is 90.6 Å². The van der Waals surface area contributed by atoms with Gasteiger partial charge in [0.1, 0.15) is 6.10 Å². The maximum atomic E-state index is 14.1. The average Bonchev–Trinajstić information content (AvgIpc) is 3.43. The Hall–Kier alpha value is -3.54. The number of aromatic nitrogens is 3. The number of ether oxygens (including phenoxy) is 2. The van der Waals surface area contributed by atoms with Gasteiger partial charge in [-0.25, -0.2) is 4.39 Å². The van der Waals surface area contributed by atoms with Crippen LogP contribution in [0.15, 0.2) is 34.9 Å². The summed E-state index contributed by atoms with van der Waals surface area (Å²) in [4.78, 5) is 18.9. The number of benzene rings is 1. The molecule has 172 valence electrons. The minimum atomic E-state index is -2.92. The van der Waals surface area contributed by atoms with Gasteiger partial charge in [0.25, 0.3) is 11.8 Å². The number of alkyl halides is 2. The number of carbonyl (C=O) groups is 1. The first kappa shape index (κ1) is 21.3. The molecule has 2 atom stereocenters. The zero-order chi connectivity index (χ0) is 23.1. The molecule has 1 fully saturated rings. The molecule has 0 spiro atoms. The van der Waals surface area contributed by atoms with Gasteiger partial charge in [-0.3, -0.25) is 9.78 Å². The van der Waals surface area contributed by atoms with E-state index >= 15 is 0 Å². The molecule has 1 aromatic carbocycles. The van der Waals surface area contributed by atoms with Gasteiger partial charge < -0.3 is 18.8 Å². The molecule has 2 aromatic heterocycles. The summed E-state index contributed by atoms with van der Waals surface area (Å²) in [5, 5.41) is 6.85. The van der Waals surface area contributed by atoms with Gasteiger partial charge in [-0.05, 0) is 18.2 Å². The van der Waals surface area contributed by atoms with Crippen molar-refractivity contribution in [1.82, 2.24) is 20.1 Å². The highest BCUT2D eigenvalue weighted by molar-refractivity contribution is 5.99. The monoisotopic (exact) mass is 464 g/mol. The van der Waals surface area contributed by atoms with Crippen LogP contribution in [0.1, 0.15) is 34.8 Å². The van der Waals surface area contributed by atoms with Crippen molar-refractivity contribution in [2.45, 2.75) is 31.5 Å². The Bertz CT molecular complexity index is 1200. The molecule has 0 N–H and O–H groups in total. The van der Waals surface area contributed by atoms with E-state index in [1.807, 2.05) is 0 Å². The van der Waals surface area contributed by atoms with Crippen molar-refractivity contribution >= 4 is 5.91 Å². The smallest absolute Gasteiger partial charge is 0.314 e. The average molecular weight is 464 g/mol. The Morgan fingerprint density at radius 1 is 1.21 bits per heavy atom. The SMILES string of the molecule is O=C1c2cc(-c3nnc(C(F)F)o3)cnc2CN1C1COCC[C@H]1Oc1cccc(F)c1F. The zero-order valence-electron chi connectivity index (χ0n) is 16.9. The molecule has 0 aliphatic carbocycles. The summed E-state index contributed by atoms with van der Waals surface area (Å²) in [6, 6.07) is 4.50. The largest absolute Gasteiger partial charge is 0.485 e. The fourth-order valence-corrected chi connectivity index (χ4v) is 3.89. The molecule has 2 aliphatic rings. The van der Waals surface area contributed by atoms with Gasteiger partial charge in [-0.2, -0.15) is 13.2 Å². The maximum Gasteiger partial charge on any atom is 0.314 e. The van der Waals surface area contributed by atoms with Crippen molar-refractivity contribution in [2.75, 3.05) is 13.2 Å². The third-order valence-electron chi connectivity index (χ3n) is 5.52. The Labute approximate surface area is 184 Å². The molecule has 0 saturated carbocycles. The number of rotatable bonds is 5. The summed E-state index contributed by atoms with van der Waals surface area (Å²) in [6.45, 7) is 0.606. The summed E-state index contributed by atoms with van der Waals surface area (Å²) in [7, 11) is 0. The van der Waals surface area contributed by atoms with E-state index in [0.29, 0.717) is 18.7 Å². The Kier molecular flexibility index (Phi) is 5.44. The minimum absolute atomic E-state index is 0.135. The third kappa shape index (κ3) is 3.90. The van der Waals surface area contributed by atoms with Crippen molar-refractivity contribution in [1.29, 1.82) is 0 Å². The van der Waals surface area contributed by atoms with E-state index in [1.54, 1.807) is 0 Å². The van der Waals surface area contributed by atoms with Crippen molar-refractivity contribution in [3.63, 3.8) is 0 Å². The van der Waals surface area contributed by atoms with Crippen LogP contribution in [-0.2, 0) is 11.3 Å². The molecule has 0 radical (unpaired) electrons. The van der Waals surface area contributed by atoms with Crippen LogP contribution in [0.25, 0.3) is 11.5 Å². The van der Waals surface area contributed by atoms with Crippen LogP contribution >= 0.6 is 0 Å². The first-order valence-electron chi connectivity index (χ1n) is 10.0. The number of nitrogens with zero attached hydrogens (tertiary/aromatic N) is 4. The highest BCUT2D eigenvalue weighted by Crippen LogP contribution is 2.32. The van der Waals surface area contributed by atoms with Crippen LogP contribution in [0.4, 0.5) is 17.6 Å². The summed E-state index contributed by atoms with van der Waals surface area (Å²) in [5.41, 5.74) is 0.919. The third-order valence-corrected chi connectivity index (χ3v) is 5.52. The fourth-order valence-electron chi connectivity index (χ4n) is 3.89. The predicted molar refractivity (Wildman–Crippen MR) is 102 cm³/mol. The Morgan fingerprint density at radius 3 is 2.85 bits per heavy atom. The van der Waals surface area contributed by atoms with Crippen LogP contribution in [0, 0.1) is 11.6 Å². The Morgan fingerprint density at radius 2 is 2.06 bits per heavy atom. The molecular weight excluding hydrogens is 448 g/mol. The summed E-state index contributed by atoms with van der Waals surface area (Å²) in [5.74, 6) is -3.79. The quantitative estimate of drug-likeness (QED) is 0.534. The number of carbonyl (C=O) groups excluding carboxylic acids is 1. The molecule has 8 nitrogen and oxygen atoms in total. The maximum absolute atomic E-state index is 14.1. The molecule has 33 heavy (non-hydrogen) atoms. The molecule has 1 unspecified atom stereocenters. The first-order chi connectivity index (χ1) is 15.9. The molecule has 12 heteroatoms. The van der Waals surface area contributed by atoms with Crippen molar-refractivity contribution in [3.8, 4) is 17.2 Å². The molecule has 0 bridgehead atoms. The second-order valence-corrected chi connectivity index (χ2v) is 7.54. The highest BCUT2D eigenvalue weighted by Gasteiger charge is 2.41. The van der Waals surface area contributed by atoms with Crippen molar-refractivity contribution in [2.24, 2.45) is 0 Å². The zero-order valence-corrected chi connectivity index (χ0v) is 16.9. The van der Waals surface area contributed by atoms with E-state index in [0.717, 1.165) is 6.07 Å². The molecule has 2 aliphatic heterocycles. The Balaban J connectivity index is 1.39. The number of pyridine rings is 1. The van der Waals surface area contributed by atoms with Gasteiger partial charge in [-0.15, -0.1) is 10.2 Å². The van der Waals surface area contributed by atoms with Gasteiger partial charge in [0.05, 0.1) is 42.6 Å². The number of hydrogen-bond donors (Lipinski definition) is 0. The summed E-state index contributed by atoms with van der Waals surface area (Å²) >= 11 is 0. The van der Waals surface area contributed by atoms with Gasteiger partial charge in [0.2, 0.25) is 11.7 Å². The summed E-state index contributed by atoms with van der Waals surface area (Å²) in [6.07, 6.45) is -1.85. The molecule has 4 heterocycles.